The molecule has 6 heterocycles. The summed E-state index contributed by atoms with van der Waals surface area (Å²) in [6, 6.07) is 9.21. The summed E-state index contributed by atoms with van der Waals surface area (Å²) in [5, 5.41) is 70.7. The number of aliphatic hydroxyl groups excluding tert-OH is 1. The summed E-state index contributed by atoms with van der Waals surface area (Å²) >= 11 is 0. The number of carboxylic acids is 1. The number of carbonyl (C=O) groups is 2. The Morgan fingerprint density at radius 1 is 0.800 bits per heavy atom. The number of benzene rings is 1. The Morgan fingerprint density at radius 3 is 2.17 bits per heavy atom. The lowest BCUT2D eigenvalue weighted by Gasteiger charge is -2.52. The van der Waals surface area contributed by atoms with E-state index in [0.717, 1.165) is 12.0 Å². The molecule has 22 atom stereocenters. The minimum Gasteiger partial charge on any atom is -0.481 e. The van der Waals surface area contributed by atoms with Crippen LogP contribution in [0.3, 0.4) is 0 Å². The molecule has 0 unspecified atom stereocenters. The van der Waals surface area contributed by atoms with Crippen molar-refractivity contribution in [2.75, 3.05) is 0 Å². The van der Waals surface area contributed by atoms with Gasteiger partial charge in [0.05, 0.1) is 66.3 Å². The van der Waals surface area contributed by atoms with Crippen LogP contribution in [-0.4, -0.2) is 132 Å². The van der Waals surface area contributed by atoms with Gasteiger partial charge in [-0.15, -0.1) is 0 Å². The van der Waals surface area contributed by atoms with E-state index in [1.54, 1.807) is 13.8 Å². The smallest absolute Gasteiger partial charge is 0.310 e. The zero-order chi connectivity index (χ0) is 51.4. The SMILES string of the molecule is CC[C@@H]1O[C@@H]([C@]2(C)C[C@@H](C)[C@](O)([C@]3(C)CC[C@@H]([C@@H](OC(=O)Cc4ccccc4)[C@]4(O)O[C@H](C[C@@]5(O)O[C@@H]([C@@H](C)[C@H](O)C[C@H]6CC[C@H](C)[C@@H]([C@@H](C)C(=O)O)O6)CC[C@@H]5C)[C@@H](C)C[C@H]4C)O3)O2)CC[C@@]1(C)O. The van der Waals surface area contributed by atoms with E-state index in [1.165, 1.54) is 0 Å². The molecule has 0 aromatic heterocycles. The Morgan fingerprint density at radius 2 is 1.50 bits per heavy atom. The zero-order valence-corrected chi connectivity index (χ0v) is 43.9. The van der Waals surface area contributed by atoms with Crippen molar-refractivity contribution in [3.05, 3.63) is 35.9 Å². The van der Waals surface area contributed by atoms with Gasteiger partial charge in [0.1, 0.15) is 11.7 Å². The average Bonchev–Trinajstić information content (AvgIpc) is 3.82. The molecule has 15 nitrogen and oxygen atoms in total. The number of aliphatic hydroxyl groups is 5. The third-order valence-corrected chi connectivity index (χ3v) is 18.4. The minimum absolute atomic E-state index is 0.00275. The van der Waals surface area contributed by atoms with Crippen LogP contribution in [0.25, 0.3) is 0 Å². The maximum atomic E-state index is 14.0. The van der Waals surface area contributed by atoms with Crippen LogP contribution in [0.4, 0.5) is 0 Å². The molecule has 0 amide bonds. The first-order valence-corrected chi connectivity index (χ1v) is 26.8. The van der Waals surface area contributed by atoms with Crippen molar-refractivity contribution in [3.8, 4) is 0 Å². The molecule has 398 valence electrons. The van der Waals surface area contributed by atoms with Gasteiger partial charge in [-0.3, -0.25) is 9.59 Å². The molecule has 15 heteroatoms. The first-order chi connectivity index (χ1) is 32.7. The summed E-state index contributed by atoms with van der Waals surface area (Å²) in [6.45, 7) is 20.8. The summed E-state index contributed by atoms with van der Waals surface area (Å²) < 4.78 is 46.4. The maximum absolute atomic E-state index is 14.0. The maximum Gasteiger partial charge on any atom is 0.310 e. The Labute approximate surface area is 416 Å². The Bertz CT molecular complexity index is 1940. The first-order valence-electron chi connectivity index (χ1n) is 26.8. The fourth-order valence-corrected chi connectivity index (χ4v) is 13.4. The Hall–Kier alpha value is -2.28. The zero-order valence-electron chi connectivity index (χ0n) is 43.9. The van der Waals surface area contributed by atoms with Crippen molar-refractivity contribution >= 4 is 11.9 Å². The lowest BCUT2D eigenvalue weighted by atomic mass is 9.76. The number of hydrogen-bond donors (Lipinski definition) is 6. The van der Waals surface area contributed by atoms with Gasteiger partial charge >= 0.3 is 11.9 Å². The van der Waals surface area contributed by atoms with Crippen LogP contribution in [0, 0.1) is 41.4 Å². The molecule has 7 rings (SSSR count). The molecule has 6 aliphatic rings. The van der Waals surface area contributed by atoms with E-state index in [0.29, 0.717) is 70.6 Å². The number of carbonyl (C=O) groups excluding carboxylic acids is 1. The number of hydrogen-bond acceptors (Lipinski definition) is 14. The number of aliphatic carboxylic acids is 1. The molecule has 6 fully saturated rings. The van der Waals surface area contributed by atoms with Crippen LogP contribution in [0.1, 0.15) is 165 Å². The Kier molecular flexibility index (Phi) is 16.8. The van der Waals surface area contributed by atoms with Crippen molar-refractivity contribution in [2.24, 2.45) is 41.4 Å². The van der Waals surface area contributed by atoms with E-state index < -0.39 is 100 Å². The van der Waals surface area contributed by atoms with Crippen LogP contribution < -0.4 is 0 Å². The van der Waals surface area contributed by atoms with E-state index in [1.807, 2.05) is 92.6 Å². The highest BCUT2D eigenvalue weighted by Crippen LogP contribution is 2.56. The van der Waals surface area contributed by atoms with Gasteiger partial charge in [0.2, 0.25) is 5.79 Å². The van der Waals surface area contributed by atoms with Gasteiger partial charge in [-0.2, -0.15) is 0 Å². The van der Waals surface area contributed by atoms with Crippen LogP contribution in [0.2, 0.25) is 0 Å². The van der Waals surface area contributed by atoms with Crippen LogP contribution in [0.15, 0.2) is 30.3 Å². The first kappa shape index (κ1) is 55.5. The monoisotopic (exact) mass is 989 g/mol. The predicted octanol–water partition coefficient (Wildman–Crippen LogP) is 7.23. The van der Waals surface area contributed by atoms with Crippen molar-refractivity contribution in [1.29, 1.82) is 0 Å². The standard InChI is InChI=1S/C55H88O15/c1-12-44-50(9,60)24-23-45(65-44)51(10)29-35(6)55(63,70-51)52(11)25-22-42(67-52)48(66-46(57)27-38-16-14-13-15-17-38)54(62)34(5)26-32(3)43(69-54)30-53(61)33(4)19-21-41(68-53)36(7)40(56)28-39-20-18-31(2)47(64-39)37(8)49(58)59/h13-17,31-37,39-45,47-48,56,60-63H,12,18-30H2,1-11H3,(H,58,59)/t31-,32-,33-,34+,35+,36-,37+,39+,40+,41+,42-,43+,44-,45+,47-,48+,50+,51-,52-,53+,54+,55+/m0/s1. The molecular formula is C55H88O15. The largest absolute Gasteiger partial charge is 0.481 e. The van der Waals surface area contributed by atoms with Crippen molar-refractivity contribution in [2.45, 2.75) is 255 Å². The fraction of sp³-hybridized carbons (Fsp3) is 0.855. The summed E-state index contributed by atoms with van der Waals surface area (Å²) in [5.74, 6) is -9.50. The quantitative estimate of drug-likeness (QED) is 0.0901. The van der Waals surface area contributed by atoms with Crippen LogP contribution in [-0.2, 0) is 49.2 Å². The minimum atomic E-state index is -2.09. The number of rotatable bonds is 16. The Balaban J connectivity index is 1.09. The second-order valence-electron chi connectivity index (χ2n) is 23.9. The molecule has 6 aliphatic heterocycles. The lowest BCUT2D eigenvalue weighted by molar-refractivity contribution is -0.374. The molecule has 0 spiro atoms. The predicted molar refractivity (Wildman–Crippen MR) is 259 cm³/mol. The summed E-state index contributed by atoms with van der Waals surface area (Å²) in [5.41, 5.74) is -2.44. The van der Waals surface area contributed by atoms with E-state index in [4.69, 9.17) is 33.2 Å². The third-order valence-electron chi connectivity index (χ3n) is 18.4. The average molecular weight is 989 g/mol. The highest BCUT2D eigenvalue weighted by molar-refractivity contribution is 5.73. The number of ether oxygens (including phenoxy) is 7. The van der Waals surface area contributed by atoms with Gasteiger partial charge in [-0.1, -0.05) is 78.8 Å². The van der Waals surface area contributed by atoms with Gasteiger partial charge in [-0.05, 0) is 122 Å². The van der Waals surface area contributed by atoms with Gasteiger partial charge in [-0.25, -0.2) is 0 Å². The lowest BCUT2D eigenvalue weighted by Crippen LogP contribution is -2.64. The molecule has 6 saturated heterocycles. The van der Waals surface area contributed by atoms with Crippen molar-refractivity contribution < 1.29 is 73.4 Å². The number of carboxylic acid groups (broad SMARTS) is 1. The molecule has 0 radical (unpaired) electrons. The molecule has 0 aliphatic carbocycles. The molecular weight excluding hydrogens is 901 g/mol. The van der Waals surface area contributed by atoms with Gasteiger partial charge in [0, 0.05) is 30.1 Å². The van der Waals surface area contributed by atoms with E-state index >= 15 is 0 Å². The van der Waals surface area contributed by atoms with E-state index in [-0.39, 0.29) is 54.8 Å². The van der Waals surface area contributed by atoms with Crippen LogP contribution in [0.5, 0.6) is 0 Å². The summed E-state index contributed by atoms with van der Waals surface area (Å²) in [7, 11) is 0. The van der Waals surface area contributed by atoms with Crippen LogP contribution >= 0.6 is 0 Å². The van der Waals surface area contributed by atoms with Gasteiger partial charge < -0.3 is 63.8 Å². The second kappa shape index (κ2) is 21.2. The fourth-order valence-electron chi connectivity index (χ4n) is 13.4. The van der Waals surface area contributed by atoms with Crippen molar-refractivity contribution in [1.82, 2.24) is 0 Å². The van der Waals surface area contributed by atoms with Crippen molar-refractivity contribution in [3.63, 3.8) is 0 Å². The molecule has 1 aromatic carbocycles. The summed E-state index contributed by atoms with van der Waals surface area (Å²) in [6.07, 6.45) is 0.310. The van der Waals surface area contributed by atoms with E-state index in [2.05, 4.69) is 0 Å². The highest BCUT2D eigenvalue weighted by Gasteiger charge is 2.68. The third kappa shape index (κ3) is 11.1. The van der Waals surface area contributed by atoms with Gasteiger partial charge in [0.25, 0.3) is 0 Å². The second-order valence-corrected chi connectivity index (χ2v) is 23.9. The summed E-state index contributed by atoms with van der Waals surface area (Å²) in [4.78, 5) is 25.8. The molecule has 70 heavy (non-hydrogen) atoms. The highest BCUT2D eigenvalue weighted by atomic mass is 16.7. The molecule has 0 saturated carbocycles. The normalized spacial score (nSPS) is 46.5. The molecule has 0 bridgehead atoms. The van der Waals surface area contributed by atoms with Gasteiger partial charge in [0.15, 0.2) is 17.7 Å². The van der Waals surface area contributed by atoms with E-state index in [9.17, 15) is 40.2 Å². The molecule has 1 aromatic rings. The number of esters is 1. The molecule has 6 N–H and O–H groups in total. The topological polar surface area (TPSA) is 220 Å².